The van der Waals surface area contributed by atoms with Crippen LogP contribution < -0.4 is 16.8 Å². The van der Waals surface area contributed by atoms with Crippen molar-refractivity contribution in [3.05, 3.63) is 29.6 Å². The van der Waals surface area contributed by atoms with Crippen LogP contribution in [0.15, 0.2) is 18.2 Å². The lowest BCUT2D eigenvalue weighted by Crippen LogP contribution is -2.40. The van der Waals surface area contributed by atoms with E-state index in [0.717, 1.165) is 25.7 Å². The number of nitrogens with one attached hydrogen (secondary N) is 1. The Morgan fingerprint density at radius 1 is 1.28 bits per heavy atom. The van der Waals surface area contributed by atoms with Crippen molar-refractivity contribution in [1.82, 2.24) is 5.32 Å². The number of amides is 1. The van der Waals surface area contributed by atoms with Gasteiger partial charge >= 0.3 is 0 Å². The second-order valence-corrected chi connectivity index (χ2v) is 4.79. The average molecular weight is 251 g/mol. The lowest BCUT2D eigenvalue weighted by molar-refractivity contribution is 0.0926. The molecule has 0 bridgehead atoms. The molecule has 0 saturated heterocycles. The number of anilines is 1. The number of nitrogens with two attached hydrogens (primary N) is 2. The zero-order chi connectivity index (χ0) is 13.1. The summed E-state index contributed by atoms with van der Waals surface area (Å²) in [5, 5.41) is 2.88. The summed E-state index contributed by atoms with van der Waals surface area (Å²) in [6.07, 6.45) is 3.54. The van der Waals surface area contributed by atoms with E-state index in [1.165, 1.54) is 18.2 Å². The number of carbonyl (C=O) groups excluding carboxylic acids is 1. The quantitative estimate of drug-likeness (QED) is 0.695. The topological polar surface area (TPSA) is 81.1 Å². The number of hydrogen-bond acceptors (Lipinski definition) is 3. The molecular formula is C13H18FN3O. The first-order valence-corrected chi connectivity index (χ1v) is 6.18. The van der Waals surface area contributed by atoms with E-state index in [1.807, 2.05) is 0 Å². The Morgan fingerprint density at radius 3 is 2.61 bits per heavy atom. The summed E-state index contributed by atoms with van der Waals surface area (Å²) in [5.41, 5.74) is 11.5. The molecule has 0 aliphatic heterocycles. The maximum absolute atomic E-state index is 13.2. The van der Waals surface area contributed by atoms with E-state index in [4.69, 9.17) is 11.5 Å². The summed E-state index contributed by atoms with van der Waals surface area (Å²) in [4.78, 5) is 12.0. The van der Waals surface area contributed by atoms with Gasteiger partial charge in [-0.25, -0.2) is 4.39 Å². The Bertz CT molecular complexity index is 442. The highest BCUT2D eigenvalue weighted by atomic mass is 19.1. The van der Waals surface area contributed by atoms with Gasteiger partial charge in [-0.3, -0.25) is 4.79 Å². The molecule has 0 spiro atoms. The minimum Gasteiger partial charge on any atom is -0.396 e. The molecule has 1 aromatic carbocycles. The highest BCUT2D eigenvalue weighted by Gasteiger charge is 2.21. The van der Waals surface area contributed by atoms with Crippen LogP contribution in [-0.4, -0.2) is 18.0 Å². The number of halogens is 1. The minimum absolute atomic E-state index is 0.0949. The summed E-state index contributed by atoms with van der Waals surface area (Å²) in [5.74, 6) is -0.874. The van der Waals surface area contributed by atoms with E-state index in [-0.39, 0.29) is 29.2 Å². The fourth-order valence-electron chi connectivity index (χ4n) is 2.26. The molecule has 1 saturated carbocycles. The van der Waals surface area contributed by atoms with E-state index >= 15 is 0 Å². The molecule has 5 heteroatoms. The van der Waals surface area contributed by atoms with Crippen molar-refractivity contribution >= 4 is 11.6 Å². The molecule has 0 unspecified atom stereocenters. The van der Waals surface area contributed by atoms with Gasteiger partial charge in [-0.05, 0) is 37.8 Å². The lowest BCUT2D eigenvalue weighted by atomic mass is 9.91. The summed E-state index contributed by atoms with van der Waals surface area (Å²) in [6.45, 7) is 0. The summed E-state index contributed by atoms with van der Waals surface area (Å²) in [7, 11) is 0. The van der Waals surface area contributed by atoms with Crippen LogP contribution >= 0.6 is 0 Å². The smallest absolute Gasteiger partial charge is 0.253 e. The number of benzene rings is 1. The van der Waals surface area contributed by atoms with Crippen molar-refractivity contribution in [2.24, 2.45) is 5.73 Å². The molecule has 1 amide bonds. The number of hydrogen-bond donors (Lipinski definition) is 3. The maximum atomic E-state index is 13.2. The predicted octanol–water partition coefficient (Wildman–Crippen LogP) is 1.41. The number of nitrogen functional groups attached to an aromatic ring is 1. The van der Waals surface area contributed by atoms with E-state index in [0.29, 0.717) is 0 Å². The molecule has 98 valence electrons. The normalized spacial score (nSPS) is 23.7. The maximum Gasteiger partial charge on any atom is 0.253 e. The largest absolute Gasteiger partial charge is 0.396 e. The van der Waals surface area contributed by atoms with Crippen LogP contribution in [-0.2, 0) is 0 Å². The Kier molecular flexibility index (Phi) is 3.81. The monoisotopic (exact) mass is 251 g/mol. The third-order valence-electron chi connectivity index (χ3n) is 3.40. The van der Waals surface area contributed by atoms with Crippen LogP contribution in [0.4, 0.5) is 10.1 Å². The van der Waals surface area contributed by atoms with Crippen molar-refractivity contribution in [3.8, 4) is 0 Å². The Labute approximate surface area is 106 Å². The molecule has 1 aromatic rings. The molecule has 0 heterocycles. The molecule has 1 aliphatic carbocycles. The van der Waals surface area contributed by atoms with Crippen LogP contribution in [0.3, 0.4) is 0 Å². The van der Waals surface area contributed by atoms with Gasteiger partial charge in [0.05, 0.1) is 11.3 Å². The van der Waals surface area contributed by atoms with Crippen molar-refractivity contribution in [2.75, 3.05) is 5.73 Å². The van der Waals surface area contributed by atoms with Crippen LogP contribution in [0.1, 0.15) is 36.0 Å². The van der Waals surface area contributed by atoms with Gasteiger partial charge in [-0.2, -0.15) is 0 Å². The third kappa shape index (κ3) is 2.79. The lowest BCUT2D eigenvalue weighted by Gasteiger charge is -2.27. The molecule has 2 rings (SSSR count). The first-order chi connectivity index (χ1) is 8.58. The molecule has 1 aliphatic rings. The molecule has 1 fully saturated rings. The van der Waals surface area contributed by atoms with Gasteiger partial charge in [-0.1, -0.05) is 6.07 Å². The standard InChI is InChI=1S/C13H18FN3O/c14-11-3-1-2-10(12(11)16)13(18)17-9-6-4-8(15)5-7-9/h1-3,8-9H,4-7,15-16H2,(H,17,18). The van der Waals surface area contributed by atoms with E-state index < -0.39 is 5.82 Å². The fourth-order valence-corrected chi connectivity index (χ4v) is 2.26. The Balaban J connectivity index is 2.01. The first-order valence-electron chi connectivity index (χ1n) is 6.18. The highest BCUT2D eigenvalue weighted by Crippen LogP contribution is 2.19. The second-order valence-electron chi connectivity index (χ2n) is 4.79. The zero-order valence-electron chi connectivity index (χ0n) is 10.2. The molecule has 18 heavy (non-hydrogen) atoms. The number of para-hydroxylation sites is 1. The number of carbonyl (C=O) groups is 1. The van der Waals surface area contributed by atoms with Crippen LogP contribution in [0.5, 0.6) is 0 Å². The van der Waals surface area contributed by atoms with E-state index in [9.17, 15) is 9.18 Å². The predicted molar refractivity (Wildman–Crippen MR) is 68.5 cm³/mol. The number of rotatable bonds is 2. The van der Waals surface area contributed by atoms with Crippen molar-refractivity contribution < 1.29 is 9.18 Å². The molecule has 4 nitrogen and oxygen atoms in total. The molecular weight excluding hydrogens is 233 g/mol. The fraction of sp³-hybridized carbons (Fsp3) is 0.462. The molecule has 0 atom stereocenters. The van der Waals surface area contributed by atoms with Crippen molar-refractivity contribution in [1.29, 1.82) is 0 Å². The first kappa shape index (κ1) is 12.8. The minimum atomic E-state index is -0.562. The summed E-state index contributed by atoms with van der Waals surface area (Å²) in [6, 6.07) is 4.60. The summed E-state index contributed by atoms with van der Waals surface area (Å²) >= 11 is 0. The highest BCUT2D eigenvalue weighted by molar-refractivity contribution is 5.99. The van der Waals surface area contributed by atoms with E-state index in [1.54, 1.807) is 0 Å². The van der Waals surface area contributed by atoms with Crippen LogP contribution in [0.25, 0.3) is 0 Å². The van der Waals surface area contributed by atoms with E-state index in [2.05, 4.69) is 5.32 Å². The third-order valence-corrected chi connectivity index (χ3v) is 3.40. The summed E-state index contributed by atoms with van der Waals surface area (Å²) < 4.78 is 13.2. The van der Waals surface area contributed by atoms with Crippen molar-refractivity contribution in [3.63, 3.8) is 0 Å². The van der Waals surface area contributed by atoms with Gasteiger partial charge < -0.3 is 16.8 Å². The van der Waals surface area contributed by atoms with Gasteiger partial charge in [0.15, 0.2) is 0 Å². The second kappa shape index (κ2) is 5.35. The Morgan fingerprint density at radius 2 is 1.94 bits per heavy atom. The molecule has 0 radical (unpaired) electrons. The van der Waals surface area contributed by atoms with Gasteiger partial charge in [0, 0.05) is 12.1 Å². The van der Waals surface area contributed by atoms with Crippen LogP contribution in [0, 0.1) is 5.82 Å². The van der Waals surface area contributed by atoms with Gasteiger partial charge in [0.1, 0.15) is 5.82 Å². The SMILES string of the molecule is Nc1c(F)cccc1C(=O)NC1CCC(N)CC1. The molecule has 5 N–H and O–H groups in total. The average Bonchev–Trinajstić information content (AvgIpc) is 2.35. The van der Waals surface area contributed by atoms with Gasteiger partial charge in [0.2, 0.25) is 0 Å². The molecule has 0 aromatic heterocycles. The van der Waals surface area contributed by atoms with Crippen molar-refractivity contribution in [2.45, 2.75) is 37.8 Å². The van der Waals surface area contributed by atoms with Gasteiger partial charge in [-0.15, -0.1) is 0 Å². The Hall–Kier alpha value is -1.62. The van der Waals surface area contributed by atoms with Gasteiger partial charge in [0.25, 0.3) is 5.91 Å². The zero-order valence-corrected chi connectivity index (χ0v) is 10.2. The van der Waals surface area contributed by atoms with Crippen LogP contribution in [0.2, 0.25) is 0 Å².